The van der Waals surface area contributed by atoms with Gasteiger partial charge in [0.2, 0.25) is 11.5 Å². The second-order valence-electron chi connectivity index (χ2n) is 11.6. The van der Waals surface area contributed by atoms with E-state index in [4.69, 9.17) is 14.5 Å². The molecule has 228 valence electrons. The number of rotatable bonds is 5. The zero-order chi connectivity index (χ0) is 31.7. The molecule has 5 aromatic rings. The van der Waals surface area contributed by atoms with Gasteiger partial charge in [-0.25, -0.2) is 4.57 Å². The lowest BCUT2D eigenvalue weighted by Gasteiger charge is -2.33. The molecular formula is C36H29BF2IN4O2+. The van der Waals surface area contributed by atoms with Crippen LogP contribution in [0.2, 0.25) is 0 Å². The maximum Gasteiger partial charge on any atom is 0.642 e. The van der Waals surface area contributed by atoms with E-state index < -0.39 is 6.97 Å². The van der Waals surface area contributed by atoms with Gasteiger partial charge < -0.3 is 27.1 Å². The van der Waals surface area contributed by atoms with E-state index in [0.29, 0.717) is 50.4 Å². The molecule has 0 unspecified atom stereocenters. The normalized spacial score (nSPS) is 16.0. The number of methoxy groups -OCH3 is 2. The van der Waals surface area contributed by atoms with E-state index in [1.54, 1.807) is 26.4 Å². The van der Waals surface area contributed by atoms with Gasteiger partial charge in [-0.2, -0.15) is 0 Å². The number of benzene rings is 3. The van der Waals surface area contributed by atoms with Crippen molar-refractivity contribution in [3.63, 3.8) is 0 Å². The molecule has 8 rings (SSSR count). The molecule has 6 nitrogen and oxygen atoms in total. The summed E-state index contributed by atoms with van der Waals surface area (Å²) in [7, 11) is 5.14. The van der Waals surface area contributed by atoms with Crippen molar-refractivity contribution in [3.05, 3.63) is 123 Å². The first-order chi connectivity index (χ1) is 22.3. The van der Waals surface area contributed by atoms with Gasteiger partial charge in [-0.05, 0) is 106 Å². The molecule has 0 radical (unpaired) electrons. The Kier molecular flexibility index (Phi) is 6.75. The van der Waals surface area contributed by atoms with Crippen molar-refractivity contribution in [1.82, 2.24) is 4.48 Å². The van der Waals surface area contributed by atoms with E-state index in [1.165, 1.54) is 8.96 Å². The number of halogens is 3. The number of nitrogens with zero attached hydrogens (tertiary/aromatic N) is 4. The summed E-state index contributed by atoms with van der Waals surface area (Å²) in [5.74, 6) is 1.90. The summed E-state index contributed by atoms with van der Waals surface area (Å²) in [6, 6.07) is 28.6. The average molecular weight is 725 g/mol. The summed E-state index contributed by atoms with van der Waals surface area (Å²) in [5.41, 5.74) is 7.37. The summed E-state index contributed by atoms with van der Waals surface area (Å²) in [5, 5.41) is 0. The zero-order valence-corrected chi connectivity index (χ0v) is 27.6. The summed E-state index contributed by atoms with van der Waals surface area (Å²) in [6.45, 7) is -4.44. The molecule has 3 aromatic carbocycles. The summed E-state index contributed by atoms with van der Waals surface area (Å²) in [4.78, 5) is 5.24. The Morgan fingerprint density at radius 3 is 2.28 bits per heavy atom. The molecule has 0 saturated carbocycles. The van der Waals surface area contributed by atoms with Crippen LogP contribution in [0.25, 0.3) is 28.1 Å². The highest BCUT2D eigenvalue weighted by Crippen LogP contribution is 2.50. The predicted octanol–water partition coefficient (Wildman–Crippen LogP) is 7.45. The largest absolute Gasteiger partial charge is 0.642 e. The molecule has 0 spiro atoms. The van der Waals surface area contributed by atoms with E-state index in [1.807, 2.05) is 96.7 Å². The second-order valence-corrected chi connectivity index (χ2v) is 12.7. The Bertz CT molecular complexity index is 2170. The van der Waals surface area contributed by atoms with Crippen molar-refractivity contribution >= 4 is 52.5 Å². The van der Waals surface area contributed by atoms with Crippen LogP contribution in [0.3, 0.4) is 0 Å². The number of aliphatic imine (C=N–C) groups is 1. The van der Waals surface area contributed by atoms with Crippen LogP contribution in [0.4, 0.5) is 14.4 Å². The molecular weight excluding hydrogens is 696 g/mol. The van der Waals surface area contributed by atoms with Crippen LogP contribution < -0.4 is 14.0 Å². The fourth-order valence-electron chi connectivity index (χ4n) is 7.08. The summed E-state index contributed by atoms with van der Waals surface area (Å²) < 4.78 is 51.8. The Labute approximate surface area is 279 Å². The van der Waals surface area contributed by atoms with Gasteiger partial charge in [0.1, 0.15) is 24.1 Å². The van der Waals surface area contributed by atoms with Crippen molar-refractivity contribution < 1.29 is 27.2 Å². The van der Waals surface area contributed by atoms with Crippen LogP contribution >= 0.6 is 22.6 Å². The number of hydrogen-bond donors (Lipinski definition) is 0. The van der Waals surface area contributed by atoms with Crippen LogP contribution in [0.5, 0.6) is 11.5 Å². The lowest BCUT2D eigenvalue weighted by molar-refractivity contribution is -0.660. The quantitative estimate of drug-likeness (QED) is 0.107. The first-order valence-electron chi connectivity index (χ1n) is 15.1. The third-order valence-electron chi connectivity index (χ3n) is 9.18. The molecule has 3 aliphatic rings. The molecule has 2 aromatic heterocycles. The van der Waals surface area contributed by atoms with Gasteiger partial charge in [-0.3, -0.25) is 0 Å². The second kappa shape index (κ2) is 10.8. The van der Waals surface area contributed by atoms with Crippen LogP contribution in [-0.2, 0) is 13.5 Å². The van der Waals surface area contributed by atoms with E-state index in [-0.39, 0.29) is 11.7 Å². The van der Waals surface area contributed by atoms with Crippen molar-refractivity contribution in [3.8, 4) is 34.0 Å². The van der Waals surface area contributed by atoms with Gasteiger partial charge in [0, 0.05) is 29.0 Å². The minimum atomic E-state index is -4.44. The molecule has 4 heterocycles. The van der Waals surface area contributed by atoms with E-state index in [2.05, 4.69) is 22.6 Å². The van der Waals surface area contributed by atoms with Gasteiger partial charge in [-0.15, -0.1) is 0 Å². The molecule has 1 aliphatic carbocycles. The number of amidine groups is 1. The highest BCUT2D eigenvalue weighted by molar-refractivity contribution is 14.1. The molecule has 46 heavy (non-hydrogen) atoms. The van der Waals surface area contributed by atoms with E-state index >= 15 is 8.63 Å². The number of aryl methyl sites for hydroxylation is 2. The van der Waals surface area contributed by atoms with Crippen molar-refractivity contribution in [2.75, 3.05) is 14.2 Å². The van der Waals surface area contributed by atoms with Crippen LogP contribution in [0, 0.1) is 3.57 Å². The minimum absolute atomic E-state index is 0.247. The highest BCUT2D eigenvalue weighted by Gasteiger charge is 2.56. The average Bonchev–Trinajstić information content (AvgIpc) is 3.58. The topological polar surface area (TPSA) is 42.6 Å². The number of fused-ring (bicyclic) bond motifs is 5. The van der Waals surface area contributed by atoms with Gasteiger partial charge in [0.15, 0.2) is 6.20 Å². The zero-order valence-electron chi connectivity index (χ0n) is 25.5. The van der Waals surface area contributed by atoms with E-state index in [0.717, 1.165) is 33.5 Å². The van der Waals surface area contributed by atoms with Gasteiger partial charge in [0.25, 0.3) is 5.84 Å². The van der Waals surface area contributed by atoms with Gasteiger partial charge in [0.05, 0.1) is 29.1 Å². The maximum atomic E-state index is 17.9. The smallest absolute Gasteiger partial charge is 0.497 e. The Morgan fingerprint density at radius 2 is 1.57 bits per heavy atom. The van der Waals surface area contributed by atoms with Crippen LogP contribution in [0.1, 0.15) is 23.1 Å². The molecule has 0 atom stereocenters. The monoisotopic (exact) mass is 725 g/mol. The molecule has 0 N–H and O–H groups in total. The molecule has 0 bridgehead atoms. The Morgan fingerprint density at radius 1 is 0.848 bits per heavy atom. The molecule has 10 heteroatoms. The molecule has 0 saturated heterocycles. The lowest BCUT2D eigenvalue weighted by Crippen LogP contribution is -2.53. The standard InChI is InChI=1S/C36H29BF2IN4O2/c1-42-20-8-7-11-29(42)31-32(40)33(23-12-15-25(45-2)16-13-23)43-36(31)41-35-30(22-9-5-4-6-10-22)28-18-14-24-21-26(46-3)17-19-27(24)34(28)44(35)37(43,38)39/h4-13,15-17,19-21H,14,18H2,1-3H3/q+1. The fraction of sp³-hybridized carbons (Fsp3) is 0.139. The summed E-state index contributed by atoms with van der Waals surface area (Å²) >= 11 is 2.22. The fourth-order valence-corrected chi connectivity index (χ4v) is 8.17. The van der Waals surface area contributed by atoms with Gasteiger partial charge >= 0.3 is 6.97 Å². The Hall–Kier alpha value is -4.58. The maximum absolute atomic E-state index is 17.9. The van der Waals surface area contributed by atoms with Crippen molar-refractivity contribution in [2.24, 2.45) is 12.0 Å². The number of pyridine rings is 1. The number of hydrogen-bond acceptors (Lipinski definition) is 3. The highest BCUT2D eigenvalue weighted by atomic mass is 127. The third-order valence-corrected chi connectivity index (χ3v) is 10.2. The van der Waals surface area contributed by atoms with Gasteiger partial charge in [-0.1, -0.05) is 30.3 Å². The van der Waals surface area contributed by atoms with Crippen molar-refractivity contribution in [1.29, 1.82) is 0 Å². The molecule has 0 amide bonds. The Balaban J connectivity index is 1.50. The minimum Gasteiger partial charge on any atom is -0.497 e. The number of ether oxygens (including phenoxy) is 2. The van der Waals surface area contributed by atoms with Crippen LogP contribution in [0.15, 0.2) is 108 Å². The van der Waals surface area contributed by atoms with Crippen molar-refractivity contribution in [2.45, 2.75) is 12.8 Å². The number of allylic oxidation sites excluding steroid dienone is 1. The lowest BCUT2D eigenvalue weighted by atomic mass is 9.83. The molecule has 0 fully saturated rings. The predicted molar refractivity (Wildman–Crippen MR) is 185 cm³/mol. The first kappa shape index (κ1) is 28.9. The third kappa shape index (κ3) is 4.15. The SMILES string of the molecule is COc1ccc(-c2c(I)c(-c3cccc[n+]3C)c3n2[B-](F)(F)[N+]2=C4C(=C(c5ccccc5)C2=N3)CCc2cc(OC)ccc24)cc1. The summed E-state index contributed by atoms with van der Waals surface area (Å²) in [6.07, 6.45) is 3.25. The molecule has 2 aliphatic heterocycles. The first-order valence-corrected chi connectivity index (χ1v) is 16.2. The van der Waals surface area contributed by atoms with E-state index in [9.17, 15) is 0 Å². The van der Waals surface area contributed by atoms with Crippen LogP contribution in [-0.4, -0.2) is 41.7 Å². The number of aromatic nitrogens is 2.